The molecule has 0 heterocycles. The predicted molar refractivity (Wildman–Crippen MR) is 23.7 cm³/mol. The van der Waals surface area contributed by atoms with Gasteiger partial charge in [-0.3, -0.25) is 0 Å². The minimum absolute atomic E-state index is 0. The fourth-order valence-electron chi connectivity index (χ4n) is 0. The van der Waals surface area contributed by atoms with E-state index in [0.717, 1.165) is 0 Å². The second-order valence-electron chi connectivity index (χ2n) is 0.572. The van der Waals surface area contributed by atoms with Crippen molar-refractivity contribution >= 4 is 53.3 Å². The van der Waals surface area contributed by atoms with Crippen LogP contribution in [0.5, 0.6) is 0 Å². The SMILES string of the molecule is O=P(O)(O)OO.[Eu].[H-].[H-].[Mn].[Sr+2]. The summed E-state index contributed by atoms with van der Waals surface area (Å²) in [7, 11) is -4.59. The zero-order chi connectivity index (χ0) is 5.21. The summed E-state index contributed by atoms with van der Waals surface area (Å²) in [5, 5.41) is 7.14. The van der Waals surface area contributed by atoms with E-state index in [1.54, 1.807) is 0 Å². The normalized spacial score (nSPS) is 7.89. The van der Waals surface area contributed by atoms with E-state index in [2.05, 4.69) is 4.67 Å². The first-order valence-corrected chi connectivity index (χ1v) is 2.48. The molecular weight excluding hydrogens is 405 g/mol. The van der Waals surface area contributed by atoms with Crippen LogP contribution >= 0.6 is 7.82 Å². The third-order valence-corrected chi connectivity index (χ3v) is 0.319. The maximum atomic E-state index is 9.22. The Morgan fingerprint density at radius 1 is 1.44 bits per heavy atom. The van der Waals surface area contributed by atoms with Crippen molar-refractivity contribution in [1.82, 2.24) is 0 Å². The van der Waals surface area contributed by atoms with Crippen LogP contribution in [0, 0.1) is 49.4 Å². The first kappa shape index (κ1) is 22.9. The van der Waals surface area contributed by atoms with Gasteiger partial charge in [0.15, 0.2) is 0 Å². The Labute approximate surface area is 143 Å². The molecule has 9 heavy (non-hydrogen) atoms. The van der Waals surface area contributed by atoms with Gasteiger partial charge in [-0.15, -0.1) is 4.67 Å². The molecule has 0 spiro atoms. The van der Waals surface area contributed by atoms with Crippen molar-refractivity contribution in [3.8, 4) is 0 Å². The standard InChI is InChI=1S/Eu.Mn.H3O5P.Sr.2H/c;;1-5-6(2,3)4;;;/h;;1H,(H2,2,3,4);;;/q;;;+2;2*-1. The molecule has 5 nitrogen and oxygen atoms in total. The molecule has 0 fully saturated rings. The van der Waals surface area contributed by atoms with E-state index in [0.29, 0.717) is 0 Å². The van der Waals surface area contributed by atoms with E-state index in [1.807, 2.05) is 0 Å². The maximum absolute atomic E-state index is 9.22. The van der Waals surface area contributed by atoms with Crippen molar-refractivity contribution < 1.29 is 93.6 Å². The van der Waals surface area contributed by atoms with Gasteiger partial charge in [0.2, 0.25) is 0 Å². The van der Waals surface area contributed by atoms with E-state index in [9.17, 15) is 4.57 Å². The molecule has 0 aromatic rings. The van der Waals surface area contributed by atoms with Crippen LogP contribution in [-0.4, -0.2) is 60.5 Å². The number of rotatable bonds is 1. The third kappa shape index (κ3) is 24.5. The Morgan fingerprint density at radius 2 is 1.56 bits per heavy atom. The van der Waals surface area contributed by atoms with Crippen LogP contribution in [0.15, 0.2) is 0 Å². The Bertz CT molecular complexity index is 88.6. The summed E-state index contributed by atoms with van der Waals surface area (Å²) < 4.78 is 11.8. The second-order valence-corrected chi connectivity index (χ2v) is 1.72. The predicted octanol–water partition coefficient (Wildman–Crippen LogP) is -0.590. The van der Waals surface area contributed by atoms with Gasteiger partial charge in [-0.05, 0) is 0 Å². The van der Waals surface area contributed by atoms with Gasteiger partial charge in [0, 0.05) is 66.4 Å². The molecule has 0 atom stereocenters. The molecule has 0 aromatic heterocycles. The molecule has 0 rings (SSSR count). The van der Waals surface area contributed by atoms with Crippen molar-refractivity contribution in [3.05, 3.63) is 0 Å². The third-order valence-electron chi connectivity index (χ3n) is 0.106. The molecule has 0 aliphatic carbocycles. The summed E-state index contributed by atoms with van der Waals surface area (Å²) in [4.78, 5) is 14.9. The van der Waals surface area contributed by atoms with Crippen LogP contribution in [0.1, 0.15) is 2.85 Å². The zero-order valence-corrected chi connectivity index (χ0v) is 12.0. The Kier molecular flexibility index (Phi) is 29.7. The van der Waals surface area contributed by atoms with Crippen molar-refractivity contribution in [3.63, 3.8) is 0 Å². The van der Waals surface area contributed by atoms with Gasteiger partial charge < -0.3 is 12.6 Å². The average molecular weight is 411 g/mol. The quantitative estimate of drug-likeness (QED) is 0.233. The molecule has 0 aliphatic rings. The van der Waals surface area contributed by atoms with E-state index >= 15 is 0 Å². The van der Waals surface area contributed by atoms with E-state index in [1.165, 1.54) is 0 Å². The van der Waals surface area contributed by atoms with Crippen LogP contribution in [0.4, 0.5) is 0 Å². The number of phosphoric acid groups is 1. The van der Waals surface area contributed by atoms with Crippen molar-refractivity contribution in [2.24, 2.45) is 0 Å². The van der Waals surface area contributed by atoms with Crippen LogP contribution in [0.2, 0.25) is 0 Å². The molecule has 2 radical (unpaired) electrons. The summed E-state index contributed by atoms with van der Waals surface area (Å²) in [6.07, 6.45) is 0. The molecule has 0 bridgehead atoms. The van der Waals surface area contributed by atoms with Gasteiger partial charge in [0.05, 0.1) is 0 Å². The fraction of sp³-hybridized carbons (Fsp3) is 0. The molecule has 0 saturated carbocycles. The topological polar surface area (TPSA) is 87.0 Å². The summed E-state index contributed by atoms with van der Waals surface area (Å²) in [5.74, 6) is 0. The van der Waals surface area contributed by atoms with Crippen molar-refractivity contribution in [1.29, 1.82) is 0 Å². The zero-order valence-electron chi connectivity index (χ0n) is 6.07. The van der Waals surface area contributed by atoms with Gasteiger partial charge in [0.25, 0.3) is 0 Å². The van der Waals surface area contributed by atoms with Crippen LogP contribution < -0.4 is 0 Å². The molecule has 0 unspecified atom stereocenters. The molecule has 0 aliphatic heterocycles. The van der Waals surface area contributed by atoms with Crippen molar-refractivity contribution in [2.45, 2.75) is 0 Å². The summed E-state index contributed by atoms with van der Waals surface area (Å²) in [6, 6.07) is 0. The Balaban J connectivity index is -0.0000000125. The number of hydrogen-bond donors (Lipinski definition) is 3. The van der Waals surface area contributed by atoms with E-state index in [4.69, 9.17) is 15.0 Å². The maximum Gasteiger partial charge on any atom is 2.00 e. The molecule has 3 N–H and O–H groups in total. The smallest absolute Gasteiger partial charge is 1.00 e. The minimum Gasteiger partial charge on any atom is -1.00 e. The summed E-state index contributed by atoms with van der Waals surface area (Å²) >= 11 is 0. The Morgan fingerprint density at radius 3 is 1.56 bits per heavy atom. The molecule has 0 amide bonds. The molecule has 0 aromatic carbocycles. The first-order chi connectivity index (χ1) is 2.56. The molecule has 56 valence electrons. The largest absolute Gasteiger partial charge is 2.00 e. The van der Waals surface area contributed by atoms with Crippen molar-refractivity contribution in [2.75, 3.05) is 0 Å². The van der Waals surface area contributed by atoms with Gasteiger partial charge in [-0.25, -0.2) is 9.82 Å². The Hall–Kier alpha value is 3.65. The number of hydrogen-bond acceptors (Lipinski definition) is 3. The van der Waals surface area contributed by atoms with Gasteiger partial charge in [-0.1, -0.05) is 0 Å². The molecular formula is H5EuMnO5PSr. The van der Waals surface area contributed by atoms with E-state index in [-0.39, 0.29) is 115 Å². The van der Waals surface area contributed by atoms with Crippen LogP contribution in [0.25, 0.3) is 0 Å². The van der Waals surface area contributed by atoms with Gasteiger partial charge in [0.1, 0.15) is 0 Å². The summed E-state index contributed by atoms with van der Waals surface area (Å²) in [6.45, 7) is 0. The summed E-state index contributed by atoms with van der Waals surface area (Å²) in [5.41, 5.74) is 0. The molecule has 9 heteroatoms. The minimum atomic E-state index is -4.59. The second kappa shape index (κ2) is 11.7. The van der Waals surface area contributed by atoms with Crippen LogP contribution in [-0.2, 0) is 26.3 Å². The van der Waals surface area contributed by atoms with Gasteiger partial charge >= 0.3 is 53.3 Å². The van der Waals surface area contributed by atoms with Gasteiger partial charge in [-0.2, -0.15) is 0 Å². The first-order valence-electron chi connectivity index (χ1n) is 0.948. The average Bonchev–Trinajstić information content (AvgIpc) is 1.35. The van der Waals surface area contributed by atoms with E-state index < -0.39 is 7.82 Å². The molecule has 0 saturated heterocycles. The monoisotopic (exact) mass is 412 g/mol. The van der Waals surface area contributed by atoms with Crippen LogP contribution in [0.3, 0.4) is 0 Å². The fourth-order valence-corrected chi connectivity index (χ4v) is 0.